The third-order valence-corrected chi connectivity index (χ3v) is 4.74. The first-order valence-electron chi connectivity index (χ1n) is 6.21. The molecule has 0 aliphatic heterocycles. The molecule has 1 amide bonds. The monoisotopic (exact) mass is 313 g/mol. The van der Waals surface area contributed by atoms with Gasteiger partial charge in [-0.15, -0.1) is 0 Å². The number of hydrogen-bond acceptors (Lipinski definition) is 4. The summed E-state index contributed by atoms with van der Waals surface area (Å²) in [6.45, 7) is 4.44. The fourth-order valence-corrected chi connectivity index (χ4v) is 2.72. The van der Waals surface area contributed by atoms with E-state index in [1.54, 1.807) is 6.92 Å². The number of carbonyl (C=O) groups is 2. The molecule has 0 bridgehead atoms. The highest BCUT2D eigenvalue weighted by Crippen LogP contribution is 2.21. The van der Waals surface area contributed by atoms with E-state index in [2.05, 4.69) is 0 Å². The smallest absolute Gasteiger partial charge is 0.329 e. The molecule has 0 saturated heterocycles. The van der Waals surface area contributed by atoms with Crippen LogP contribution < -0.4 is 0 Å². The van der Waals surface area contributed by atoms with E-state index in [1.165, 1.54) is 39.1 Å². The fraction of sp³-hybridized carbons (Fsp3) is 0.429. The maximum atomic E-state index is 12.4. The van der Waals surface area contributed by atoms with Crippen molar-refractivity contribution in [2.75, 3.05) is 13.3 Å². The number of nitrogens with zero attached hydrogens (tertiary/aromatic N) is 1. The molecule has 0 radical (unpaired) electrons. The van der Waals surface area contributed by atoms with Crippen molar-refractivity contribution in [3.8, 4) is 0 Å². The molecule has 0 aromatic heterocycles. The second-order valence-electron chi connectivity index (χ2n) is 5.48. The van der Waals surface area contributed by atoms with Crippen molar-refractivity contribution < 1.29 is 23.1 Å². The Hall–Kier alpha value is -1.89. The van der Waals surface area contributed by atoms with E-state index in [0.29, 0.717) is 5.56 Å². The van der Waals surface area contributed by atoms with Gasteiger partial charge in [0.2, 0.25) is 0 Å². The molecule has 0 atom stereocenters. The number of carbonyl (C=O) groups excluding carboxylic acids is 1. The Labute approximate surface area is 124 Å². The summed E-state index contributed by atoms with van der Waals surface area (Å²) in [7, 11) is -2.08. The van der Waals surface area contributed by atoms with Gasteiger partial charge in [-0.2, -0.15) is 0 Å². The third kappa shape index (κ3) is 3.41. The largest absolute Gasteiger partial charge is 0.480 e. The lowest BCUT2D eigenvalue weighted by Gasteiger charge is -2.31. The summed E-state index contributed by atoms with van der Waals surface area (Å²) in [6, 6.07) is 4.30. The Morgan fingerprint density at radius 1 is 1.24 bits per heavy atom. The number of aryl methyl sites for hydroxylation is 1. The number of rotatable bonds is 4. The van der Waals surface area contributed by atoms with Gasteiger partial charge in [0.15, 0.2) is 9.84 Å². The van der Waals surface area contributed by atoms with E-state index in [4.69, 9.17) is 5.11 Å². The van der Waals surface area contributed by atoms with Crippen LogP contribution in [0.25, 0.3) is 0 Å². The molecule has 116 valence electrons. The second-order valence-corrected chi connectivity index (χ2v) is 7.46. The summed E-state index contributed by atoms with van der Waals surface area (Å²) in [5, 5.41) is 9.15. The Morgan fingerprint density at radius 2 is 1.76 bits per heavy atom. The van der Waals surface area contributed by atoms with Crippen LogP contribution in [0.1, 0.15) is 29.8 Å². The molecule has 0 aliphatic rings. The molecule has 1 N–H and O–H groups in total. The maximum absolute atomic E-state index is 12.4. The van der Waals surface area contributed by atoms with Crippen molar-refractivity contribution in [2.24, 2.45) is 0 Å². The fourth-order valence-electron chi connectivity index (χ4n) is 1.72. The zero-order valence-electron chi connectivity index (χ0n) is 12.7. The first-order chi connectivity index (χ1) is 9.39. The lowest BCUT2D eigenvalue weighted by atomic mass is 10.0. The van der Waals surface area contributed by atoms with E-state index >= 15 is 0 Å². The van der Waals surface area contributed by atoms with Crippen LogP contribution in [0.3, 0.4) is 0 Å². The van der Waals surface area contributed by atoms with Crippen LogP contribution >= 0.6 is 0 Å². The molecule has 0 saturated carbocycles. The molecule has 0 fully saturated rings. The quantitative estimate of drug-likeness (QED) is 0.905. The van der Waals surface area contributed by atoms with Gasteiger partial charge in [0, 0.05) is 18.9 Å². The zero-order valence-corrected chi connectivity index (χ0v) is 13.5. The van der Waals surface area contributed by atoms with Crippen molar-refractivity contribution in [2.45, 2.75) is 31.2 Å². The highest BCUT2D eigenvalue weighted by molar-refractivity contribution is 7.90. The molecule has 1 rings (SSSR count). The van der Waals surface area contributed by atoms with Gasteiger partial charge in [0.25, 0.3) is 5.91 Å². The summed E-state index contributed by atoms with van der Waals surface area (Å²) in [4.78, 5) is 24.7. The van der Waals surface area contributed by atoms with E-state index in [1.807, 2.05) is 0 Å². The Kier molecular flexibility index (Phi) is 4.48. The predicted octanol–water partition coefficient (Wildman–Crippen LogP) is 1.33. The molecule has 0 spiro atoms. The van der Waals surface area contributed by atoms with Crippen molar-refractivity contribution in [3.63, 3.8) is 0 Å². The van der Waals surface area contributed by atoms with Crippen molar-refractivity contribution in [3.05, 3.63) is 29.3 Å². The lowest BCUT2D eigenvalue weighted by molar-refractivity contribution is -0.147. The number of likely N-dealkylation sites (N-methyl/N-ethyl adjacent to an activating group) is 1. The summed E-state index contributed by atoms with van der Waals surface area (Å²) in [5.41, 5.74) is -0.722. The predicted molar refractivity (Wildman–Crippen MR) is 78.1 cm³/mol. The number of carboxylic acid groups (broad SMARTS) is 1. The van der Waals surface area contributed by atoms with Crippen molar-refractivity contribution >= 4 is 21.7 Å². The molecule has 1 aromatic carbocycles. The highest BCUT2D eigenvalue weighted by Gasteiger charge is 2.35. The molecule has 0 unspecified atom stereocenters. The molecule has 21 heavy (non-hydrogen) atoms. The average Bonchev–Trinajstić information content (AvgIpc) is 2.35. The minimum absolute atomic E-state index is 0.0647. The van der Waals surface area contributed by atoms with Gasteiger partial charge in [-0.25, -0.2) is 13.2 Å². The number of carboxylic acids is 1. The SMILES string of the molecule is Cc1ccc(C(=O)N(C)C(C)(C)C(=O)O)cc1S(C)(=O)=O. The Morgan fingerprint density at radius 3 is 2.19 bits per heavy atom. The van der Waals surface area contributed by atoms with Crippen LogP contribution in [0.2, 0.25) is 0 Å². The minimum atomic E-state index is -3.45. The average molecular weight is 313 g/mol. The third-order valence-electron chi connectivity index (χ3n) is 3.50. The lowest BCUT2D eigenvalue weighted by Crippen LogP contribution is -2.50. The summed E-state index contributed by atoms with van der Waals surface area (Å²) < 4.78 is 23.4. The number of benzene rings is 1. The standard InChI is InChI=1S/C14H19NO5S/c1-9-6-7-10(8-11(9)21(5,19)20)12(16)15(4)14(2,3)13(17)18/h6-8H,1-5H3,(H,17,18). The second kappa shape index (κ2) is 5.48. The summed E-state index contributed by atoms with van der Waals surface area (Å²) in [6.07, 6.45) is 1.06. The van der Waals surface area contributed by atoms with E-state index < -0.39 is 27.3 Å². The Balaban J connectivity index is 3.30. The van der Waals surface area contributed by atoms with E-state index in [9.17, 15) is 18.0 Å². The Bertz CT molecular complexity index is 691. The van der Waals surface area contributed by atoms with Crippen molar-refractivity contribution in [1.82, 2.24) is 4.90 Å². The van der Waals surface area contributed by atoms with Crippen LogP contribution in [0.4, 0.5) is 0 Å². The van der Waals surface area contributed by atoms with Crippen LogP contribution in [0.15, 0.2) is 23.1 Å². The molecule has 6 nitrogen and oxygen atoms in total. The van der Waals surface area contributed by atoms with Gasteiger partial charge in [-0.1, -0.05) is 6.07 Å². The van der Waals surface area contributed by atoms with Crippen LogP contribution in [-0.4, -0.2) is 49.1 Å². The first kappa shape index (κ1) is 17.2. The maximum Gasteiger partial charge on any atom is 0.329 e. The van der Waals surface area contributed by atoms with E-state index in [0.717, 1.165) is 11.2 Å². The molecular weight excluding hydrogens is 294 g/mol. The van der Waals surface area contributed by atoms with Gasteiger partial charge in [0.1, 0.15) is 5.54 Å². The van der Waals surface area contributed by atoms with E-state index in [-0.39, 0.29) is 10.5 Å². The topological polar surface area (TPSA) is 91.8 Å². The van der Waals surface area contributed by atoms with Gasteiger partial charge in [0.05, 0.1) is 4.90 Å². The number of aliphatic carboxylic acids is 1. The van der Waals surface area contributed by atoms with Crippen LogP contribution in [-0.2, 0) is 14.6 Å². The number of amides is 1. The van der Waals surface area contributed by atoms with Crippen molar-refractivity contribution in [1.29, 1.82) is 0 Å². The number of hydrogen-bond donors (Lipinski definition) is 1. The molecule has 0 aliphatic carbocycles. The van der Waals surface area contributed by atoms with Gasteiger partial charge < -0.3 is 10.0 Å². The highest BCUT2D eigenvalue weighted by atomic mass is 32.2. The molecule has 7 heteroatoms. The number of sulfone groups is 1. The zero-order chi connectivity index (χ0) is 16.6. The summed E-state index contributed by atoms with van der Waals surface area (Å²) >= 11 is 0. The summed E-state index contributed by atoms with van der Waals surface area (Å²) in [5.74, 6) is -1.69. The first-order valence-corrected chi connectivity index (χ1v) is 8.10. The molecule has 0 heterocycles. The van der Waals surface area contributed by atoms with Gasteiger partial charge >= 0.3 is 5.97 Å². The minimum Gasteiger partial charge on any atom is -0.480 e. The van der Waals surface area contributed by atoms with Gasteiger partial charge in [-0.05, 0) is 38.5 Å². The normalized spacial score (nSPS) is 12.0. The van der Waals surface area contributed by atoms with Gasteiger partial charge in [-0.3, -0.25) is 4.79 Å². The van der Waals surface area contributed by atoms with Crippen LogP contribution in [0.5, 0.6) is 0 Å². The molecule has 1 aromatic rings. The molecular formula is C14H19NO5S. The van der Waals surface area contributed by atoms with Crippen LogP contribution in [0, 0.1) is 6.92 Å².